The summed E-state index contributed by atoms with van der Waals surface area (Å²) in [5, 5.41) is 3.74. The quantitative estimate of drug-likeness (QED) is 0.783. The Kier molecular flexibility index (Phi) is 6.11. The van der Waals surface area contributed by atoms with Gasteiger partial charge in [-0.15, -0.1) is 0 Å². The van der Waals surface area contributed by atoms with Gasteiger partial charge in [0, 0.05) is 12.6 Å². The summed E-state index contributed by atoms with van der Waals surface area (Å²) in [5.41, 5.74) is 1.28. The van der Waals surface area contributed by atoms with Gasteiger partial charge in [-0.05, 0) is 50.8 Å². The second-order valence-corrected chi connectivity index (χ2v) is 5.90. The molecule has 1 atom stereocenters. The second kappa shape index (κ2) is 7.84. The normalized spacial score (nSPS) is 19.9. The number of rotatable bonds is 8. The number of nitrogens with one attached hydrogen (secondary N) is 1. The molecule has 114 valence electrons. The average Bonchev–Trinajstić information content (AvgIpc) is 2.97. The number of furan rings is 1. The fourth-order valence-corrected chi connectivity index (χ4v) is 3.44. The highest BCUT2D eigenvalue weighted by Gasteiger charge is 2.40. The number of hydrogen-bond acceptors (Lipinski definition) is 3. The summed E-state index contributed by atoms with van der Waals surface area (Å²) in [5.74, 6) is 0. The minimum absolute atomic E-state index is 0.0133. The summed E-state index contributed by atoms with van der Waals surface area (Å²) in [6.07, 6.45) is 12.1. The van der Waals surface area contributed by atoms with Crippen LogP contribution in [0.3, 0.4) is 0 Å². The van der Waals surface area contributed by atoms with Crippen molar-refractivity contribution >= 4 is 0 Å². The molecule has 1 aliphatic rings. The van der Waals surface area contributed by atoms with Crippen LogP contribution >= 0.6 is 0 Å². The van der Waals surface area contributed by atoms with Crippen LogP contribution in [0.4, 0.5) is 0 Å². The maximum atomic E-state index is 6.29. The van der Waals surface area contributed by atoms with Crippen LogP contribution in [0.15, 0.2) is 23.0 Å². The third kappa shape index (κ3) is 3.86. The Balaban J connectivity index is 2.12. The largest absolute Gasteiger partial charge is 0.472 e. The van der Waals surface area contributed by atoms with Gasteiger partial charge in [0.25, 0.3) is 0 Å². The van der Waals surface area contributed by atoms with Crippen LogP contribution in [0.1, 0.15) is 57.9 Å². The first kappa shape index (κ1) is 15.6. The van der Waals surface area contributed by atoms with Crippen LogP contribution in [-0.2, 0) is 11.2 Å². The first-order chi connectivity index (χ1) is 9.80. The maximum Gasteiger partial charge on any atom is 0.0935 e. The lowest BCUT2D eigenvalue weighted by Gasteiger charge is -2.44. The van der Waals surface area contributed by atoms with Gasteiger partial charge in [-0.1, -0.05) is 26.2 Å². The topological polar surface area (TPSA) is 34.4 Å². The molecular weight excluding hydrogens is 250 g/mol. The van der Waals surface area contributed by atoms with E-state index < -0.39 is 0 Å². The predicted molar refractivity (Wildman–Crippen MR) is 81.9 cm³/mol. The van der Waals surface area contributed by atoms with Gasteiger partial charge in [0.05, 0.1) is 18.1 Å². The van der Waals surface area contributed by atoms with Gasteiger partial charge in [-0.3, -0.25) is 0 Å². The van der Waals surface area contributed by atoms with Crippen molar-refractivity contribution in [1.82, 2.24) is 5.32 Å². The highest BCUT2D eigenvalue weighted by molar-refractivity contribution is 5.11. The molecule has 3 heteroatoms. The molecule has 0 radical (unpaired) electrons. The van der Waals surface area contributed by atoms with E-state index in [1.54, 1.807) is 6.26 Å². The summed E-state index contributed by atoms with van der Waals surface area (Å²) >= 11 is 0. The van der Waals surface area contributed by atoms with E-state index in [1.807, 2.05) is 6.26 Å². The summed E-state index contributed by atoms with van der Waals surface area (Å²) in [7, 11) is 0. The van der Waals surface area contributed by atoms with Crippen molar-refractivity contribution in [2.24, 2.45) is 0 Å². The Hall–Kier alpha value is -0.800. The van der Waals surface area contributed by atoms with Crippen LogP contribution < -0.4 is 5.32 Å². The maximum absolute atomic E-state index is 6.29. The fraction of sp³-hybridized carbons (Fsp3) is 0.765. The molecule has 1 N–H and O–H groups in total. The van der Waals surface area contributed by atoms with Gasteiger partial charge in [0.1, 0.15) is 0 Å². The molecule has 1 fully saturated rings. The second-order valence-electron chi connectivity index (χ2n) is 5.90. The highest BCUT2D eigenvalue weighted by atomic mass is 16.5. The molecule has 0 amide bonds. The summed E-state index contributed by atoms with van der Waals surface area (Å²) in [6, 6.07) is 2.46. The van der Waals surface area contributed by atoms with Gasteiger partial charge in [0.15, 0.2) is 0 Å². The van der Waals surface area contributed by atoms with Crippen molar-refractivity contribution in [3.8, 4) is 0 Å². The fourth-order valence-electron chi connectivity index (χ4n) is 3.44. The van der Waals surface area contributed by atoms with Crippen LogP contribution in [0, 0.1) is 0 Å². The first-order valence-corrected chi connectivity index (χ1v) is 8.19. The molecule has 2 rings (SSSR count). The molecule has 1 unspecified atom stereocenters. The summed E-state index contributed by atoms with van der Waals surface area (Å²) < 4.78 is 11.5. The minimum Gasteiger partial charge on any atom is -0.472 e. The van der Waals surface area contributed by atoms with Crippen molar-refractivity contribution in [3.05, 3.63) is 24.2 Å². The van der Waals surface area contributed by atoms with Crippen LogP contribution in [0.5, 0.6) is 0 Å². The van der Waals surface area contributed by atoms with Gasteiger partial charge in [0.2, 0.25) is 0 Å². The monoisotopic (exact) mass is 279 g/mol. The van der Waals surface area contributed by atoms with E-state index in [0.29, 0.717) is 6.04 Å². The van der Waals surface area contributed by atoms with E-state index in [0.717, 1.165) is 26.0 Å². The van der Waals surface area contributed by atoms with Gasteiger partial charge >= 0.3 is 0 Å². The molecule has 0 aliphatic heterocycles. The Morgan fingerprint density at radius 2 is 2.10 bits per heavy atom. The number of hydrogen-bond donors (Lipinski definition) is 1. The summed E-state index contributed by atoms with van der Waals surface area (Å²) in [4.78, 5) is 0. The lowest BCUT2D eigenvalue weighted by Crippen LogP contribution is -2.55. The van der Waals surface area contributed by atoms with E-state index in [2.05, 4.69) is 25.2 Å². The molecule has 1 saturated carbocycles. The Labute approximate surface area is 123 Å². The SMILES string of the molecule is CCCNC(Cc1ccoc1)C1(OCC)CCCCC1. The van der Waals surface area contributed by atoms with Crippen molar-refractivity contribution in [2.75, 3.05) is 13.2 Å². The van der Waals surface area contributed by atoms with Crippen LogP contribution in [-0.4, -0.2) is 24.8 Å². The van der Waals surface area contributed by atoms with E-state index in [-0.39, 0.29) is 5.60 Å². The van der Waals surface area contributed by atoms with Crippen molar-refractivity contribution in [3.63, 3.8) is 0 Å². The molecule has 0 aromatic carbocycles. The standard InChI is InChI=1S/C17H29NO2/c1-3-11-18-16(13-15-8-12-19-14-15)17(20-4-2)9-6-5-7-10-17/h8,12,14,16,18H,3-7,9-11,13H2,1-2H3. The highest BCUT2D eigenvalue weighted by Crippen LogP contribution is 2.36. The zero-order valence-corrected chi connectivity index (χ0v) is 13.0. The Morgan fingerprint density at radius 1 is 1.30 bits per heavy atom. The smallest absolute Gasteiger partial charge is 0.0935 e. The van der Waals surface area contributed by atoms with Crippen LogP contribution in [0.2, 0.25) is 0 Å². The Morgan fingerprint density at radius 3 is 2.70 bits per heavy atom. The molecule has 1 aromatic rings. The van der Waals surface area contributed by atoms with E-state index >= 15 is 0 Å². The molecular formula is C17H29NO2. The van der Waals surface area contributed by atoms with Gasteiger partial charge in [-0.25, -0.2) is 0 Å². The third-order valence-corrected chi connectivity index (χ3v) is 4.43. The zero-order valence-electron chi connectivity index (χ0n) is 13.0. The first-order valence-electron chi connectivity index (χ1n) is 8.19. The van der Waals surface area contributed by atoms with Crippen molar-refractivity contribution in [1.29, 1.82) is 0 Å². The van der Waals surface area contributed by atoms with Crippen molar-refractivity contribution in [2.45, 2.75) is 70.4 Å². The van der Waals surface area contributed by atoms with Crippen molar-refractivity contribution < 1.29 is 9.15 Å². The van der Waals surface area contributed by atoms with E-state index in [1.165, 1.54) is 37.7 Å². The molecule has 0 spiro atoms. The lowest BCUT2D eigenvalue weighted by atomic mass is 9.77. The lowest BCUT2D eigenvalue weighted by molar-refractivity contribution is -0.0897. The number of ether oxygens (including phenoxy) is 1. The molecule has 0 bridgehead atoms. The van der Waals surface area contributed by atoms with Crippen LogP contribution in [0.25, 0.3) is 0 Å². The Bertz CT molecular complexity index is 350. The van der Waals surface area contributed by atoms with Gasteiger partial charge < -0.3 is 14.5 Å². The van der Waals surface area contributed by atoms with E-state index in [9.17, 15) is 0 Å². The third-order valence-electron chi connectivity index (χ3n) is 4.43. The molecule has 20 heavy (non-hydrogen) atoms. The molecule has 1 heterocycles. The molecule has 1 aromatic heterocycles. The van der Waals surface area contributed by atoms with E-state index in [4.69, 9.17) is 9.15 Å². The van der Waals surface area contributed by atoms with Gasteiger partial charge in [-0.2, -0.15) is 0 Å². The average molecular weight is 279 g/mol. The minimum atomic E-state index is 0.0133. The summed E-state index contributed by atoms with van der Waals surface area (Å²) in [6.45, 7) is 6.19. The zero-order chi connectivity index (χ0) is 14.3. The molecule has 0 saturated heterocycles. The predicted octanol–water partition coefficient (Wildman–Crippen LogP) is 3.93. The molecule has 1 aliphatic carbocycles. The molecule has 3 nitrogen and oxygen atoms in total.